The van der Waals surface area contributed by atoms with Crippen molar-refractivity contribution < 1.29 is 14.6 Å². The maximum atomic E-state index is 11.9. The van der Waals surface area contributed by atoms with Gasteiger partial charge in [0.25, 0.3) is 5.91 Å². The van der Waals surface area contributed by atoms with Crippen LogP contribution in [0.25, 0.3) is 0 Å². The maximum Gasteiger partial charge on any atom is 0.253 e. The van der Waals surface area contributed by atoms with Crippen LogP contribution in [-0.4, -0.2) is 36.9 Å². The summed E-state index contributed by atoms with van der Waals surface area (Å²) in [5, 5.41) is 9.31. The summed E-state index contributed by atoms with van der Waals surface area (Å²) in [5.74, 6) is 0.366. The Morgan fingerprint density at radius 1 is 1.39 bits per heavy atom. The summed E-state index contributed by atoms with van der Waals surface area (Å²) < 4.78 is 5.15. The normalized spacial score (nSPS) is 20.6. The van der Waals surface area contributed by atoms with Crippen molar-refractivity contribution in [2.45, 2.75) is 25.8 Å². The zero-order chi connectivity index (χ0) is 13.1. The summed E-state index contributed by atoms with van der Waals surface area (Å²) in [6.07, 6.45) is 0. The van der Waals surface area contributed by atoms with Gasteiger partial charge in [-0.25, -0.2) is 0 Å². The number of amides is 1. The zero-order valence-electron chi connectivity index (χ0n) is 10.8. The Bertz CT molecular complexity index is 414. The minimum absolute atomic E-state index is 0.0856. The molecule has 1 unspecified atom stereocenters. The van der Waals surface area contributed by atoms with Crippen LogP contribution < -0.4 is 4.90 Å². The first-order valence-electron chi connectivity index (χ1n) is 6.24. The Kier molecular flexibility index (Phi) is 3.99. The Labute approximate surface area is 107 Å². The van der Waals surface area contributed by atoms with E-state index in [1.54, 1.807) is 4.90 Å². The molecular formula is C14H19NO3. The highest BCUT2D eigenvalue weighted by molar-refractivity contribution is 5.95. The molecule has 18 heavy (non-hydrogen) atoms. The number of carbonyl (C=O) groups excluding carboxylic acids is 1. The lowest BCUT2D eigenvalue weighted by atomic mass is 10.0. The van der Waals surface area contributed by atoms with Crippen molar-refractivity contribution in [3.05, 3.63) is 29.8 Å². The number of anilines is 1. The fourth-order valence-corrected chi connectivity index (χ4v) is 2.14. The summed E-state index contributed by atoms with van der Waals surface area (Å²) in [7, 11) is 0. The molecule has 1 aromatic carbocycles. The second kappa shape index (κ2) is 5.50. The van der Waals surface area contributed by atoms with Gasteiger partial charge in [-0.3, -0.25) is 4.79 Å². The molecule has 1 aliphatic rings. The number of aliphatic hydroxyl groups excluding tert-OH is 1. The highest BCUT2D eigenvalue weighted by Crippen LogP contribution is 2.23. The molecule has 0 bridgehead atoms. The van der Waals surface area contributed by atoms with Crippen molar-refractivity contribution in [2.75, 3.05) is 24.7 Å². The predicted molar refractivity (Wildman–Crippen MR) is 69.7 cm³/mol. The first-order valence-corrected chi connectivity index (χ1v) is 6.24. The van der Waals surface area contributed by atoms with Crippen LogP contribution in [0.4, 0.5) is 5.69 Å². The molecule has 0 aromatic heterocycles. The second-order valence-corrected chi connectivity index (χ2v) is 4.86. The molecule has 0 spiro atoms. The zero-order valence-corrected chi connectivity index (χ0v) is 10.8. The molecule has 0 saturated carbocycles. The van der Waals surface area contributed by atoms with Crippen LogP contribution in [0.2, 0.25) is 0 Å². The van der Waals surface area contributed by atoms with Crippen molar-refractivity contribution >= 4 is 11.6 Å². The SMILES string of the molecule is CC(C)c1ccc(N2C(=O)COCC2CO)cc1. The maximum absolute atomic E-state index is 11.9. The third-order valence-electron chi connectivity index (χ3n) is 3.22. The van der Waals surface area contributed by atoms with Gasteiger partial charge in [-0.2, -0.15) is 0 Å². The van der Waals surface area contributed by atoms with Gasteiger partial charge in [0.15, 0.2) is 0 Å². The molecule has 1 atom stereocenters. The molecule has 2 rings (SSSR count). The molecule has 1 N–H and O–H groups in total. The van der Waals surface area contributed by atoms with Gasteiger partial charge in [0.1, 0.15) is 6.61 Å². The van der Waals surface area contributed by atoms with Gasteiger partial charge in [-0.15, -0.1) is 0 Å². The summed E-state index contributed by atoms with van der Waals surface area (Å²) in [6.45, 7) is 4.64. The van der Waals surface area contributed by atoms with Crippen molar-refractivity contribution in [1.82, 2.24) is 0 Å². The molecule has 1 fully saturated rings. The van der Waals surface area contributed by atoms with E-state index in [2.05, 4.69) is 13.8 Å². The summed E-state index contributed by atoms with van der Waals surface area (Å²) in [4.78, 5) is 13.5. The number of benzene rings is 1. The highest BCUT2D eigenvalue weighted by atomic mass is 16.5. The standard InChI is InChI=1S/C14H19NO3/c1-10(2)11-3-5-12(6-4-11)15-13(7-16)8-18-9-14(15)17/h3-6,10,13,16H,7-9H2,1-2H3. The Morgan fingerprint density at radius 2 is 2.06 bits per heavy atom. The largest absolute Gasteiger partial charge is 0.394 e. The third-order valence-corrected chi connectivity index (χ3v) is 3.22. The molecule has 4 nitrogen and oxygen atoms in total. The van der Waals surface area contributed by atoms with Crippen LogP contribution in [0.1, 0.15) is 25.3 Å². The average Bonchev–Trinajstić information content (AvgIpc) is 2.38. The van der Waals surface area contributed by atoms with Crippen molar-refractivity contribution in [1.29, 1.82) is 0 Å². The molecule has 0 aliphatic carbocycles. The molecule has 0 radical (unpaired) electrons. The van der Waals surface area contributed by atoms with Gasteiger partial charge in [0.2, 0.25) is 0 Å². The van der Waals surface area contributed by atoms with Crippen LogP contribution in [0.3, 0.4) is 0 Å². The fraction of sp³-hybridized carbons (Fsp3) is 0.500. The number of hydrogen-bond acceptors (Lipinski definition) is 3. The van der Waals surface area contributed by atoms with Crippen LogP contribution in [0.15, 0.2) is 24.3 Å². The average molecular weight is 249 g/mol. The van der Waals surface area contributed by atoms with Crippen LogP contribution >= 0.6 is 0 Å². The number of hydrogen-bond donors (Lipinski definition) is 1. The number of ether oxygens (including phenoxy) is 1. The minimum Gasteiger partial charge on any atom is -0.394 e. The summed E-state index contributed by atoms with van der Waals surface area (Å²) >= 11 is 0. The van der Waals surface area contributed by atoms with E-state index in [0.29, 0.717) is 12.5 Å². The number of aliphatic hydroxyl groups is 1. The number of morpholine rings is 1. The molecule has 1 saturated heterocycles. The fourth-order valence-electron chi connectivity index (χ4n) is 2.14. The smallest absolute Gasteiger partial charge is 0.253 e. The van der Waals surface area contributed by atoms with E-state index in [1.807, 2.05) is 24.3 Å². The predicted octanol–water partition coefficient (Wildman–Crippen LogP) is 1.53. The van der Waals surface area contributed by atoms with Gasteiger partial charge in [-0.05, 0) is 23.6 Å². The summed E-state index contributed by atoms with van der Waals surface area (Å²) in [5.41, 5.74) is 2.06. The topological polar surface area (TPSA) is 49.8 Å². The Hall–Kier alpha value is -1.39. The van der Waals surface area contributed by atoms with E-state index >= 15 is 0 Å². The quantitative estimate of drug-likeness (QED) is 0.884. The van der Waals surface area contributed by atoms with E-state index in [9.17, 15) is 9.90 Å². The van der Waals surface area contributed by atoms with Crippen LogP contribution in [-0.2, 0) is 9.53 Å². The molecule has 1 aromatic rings. The van der Waals surface area contributed by atoms with Crippen LogP contribution in [0, 0.1) is 0 Å². The van der Waals surface area contributed by atoms with Crippen molar-refractivity contribution in [3.63, 3.8) is 0 Å². The molecule has 4 heteroatoms. The van der Waals surface area contributed by atoms with E-state index in [-0.39, 0.29) is 25.2 Å². The number of nitrogens with zero attached hydrogens (tertiary/aromatic N) is 1. The van der Waals surface area contributed by atoms with Gasteiger partial charge in [-0.1, -0.05) is 26.0 Å². The lowest BCUT2D eigenvalue weighted by Gasteiger charge is -2.34. The van der Waals surface area contributed by atoms with E-state index in [1.165, 1.54) is 5.56 Å². The number of carbonyl (C=O) groups is 1. The lowest BCUT2D eigenvalue weighted by molar-refractivity contribution is -0.128. The Balaban J connectivity index is 2.25. The molecule has 1 heterocycles. The molecular weight excluding hydrogens is 230 g/mol. The van der Waals surface area contributed by atoms with E-state index in [4.69, 9.17) is 4.74 Å². The minimum atomic E-state index is -0.281. The van der Waals surface area contributed by atoms with Crippen molar-refractivity contribution in [3.8, 4) is 0 Å². The highest BCUT2D eigenvalue weighted by Gasteiger charge is 2.29. The summed E-state index contributed by atoms with van der Waals surface area (Å²) in [6, 6.07) is 7.63. The van der Waals surface area contributed by atoms with Gasteiger partial charge < -0.3 is 14.7 Å². The Morgan fingerprint density at radius 3 is 2.61 bits per heavy atom. The first kappa shape index (κ1) is 13.1. The lowest BCUT2D eigenvalue weighted by Crippen LogP contribution is -2.51. The second-order valence-electron chi connectivity index (χ2n) is 4.86. The van der Waals surface area contributed by atoms with E-state index in [0.717, 1.165) is 5.69 Å². The van der Waals surface area contributed by atoms with Gasteiger partial charge in [0, 0.05) is 5.69 Å². The molecule has 1 amide bonds. The van der Waals surface area contributed by atoms with Gasteiger partial charge >= 0.3 is 0 Å². The monoisotopic (exact) mass is 249 g/mol. The molecule has 98 valence electrons. The van der Waals surface area contributed by atoms with Crippen LogP contribution in [0.5, 0.6) is 0 Å². The van der Waals surface area contributed by atoms with Gasteiger partial charge in [0.05, 0.1) is 19.3 Å². The number of rotatable bonds is 3. The van der Waals surface area contributed by atoms with Crippen molar-refractivity contribution in [2.24, 2.45) is 0 Å². The van der Waals surface area contributed by atoms with E-state index < -0.39 is 0 Å². The first-order chi connectivity index (χ1) is 8.63. The third kappa shape index (κ3) is 2.54. The molecule has 1 aliphatic heterocycles.